The van der Waals surface area contributed by atoms with Crippen LogP contribution in [0.15, 0.2) is 48.5 Å². The van der Waals surface area contributed by atoms with E-state index in [1.165, 1.54) is 37.3 Å². The zero-order valence-electron chi connectivity index (χ0n) is 14.6. The standard InChI is InChI=1S/C20H17FO6/c1-11-13(9-6-10-14(11)17(22)23)15-16(20(2,21)19(25)26-15)27-18(24)12-7-4-3-5-8-12/h3-10,15-16H,1-2H3,(H,22,23)/t15-,16-,20-/m1/s1. The van der Waals surface area contributed by atoms with Crippen molar-refractivity contribution < 1.29 is 33.4 Å². The molecule has 0 amide bonds. The number of esters is 2. The number of ether oxygens (including phenoxy) is 2. The van der Waals surface area contributed by atoms with E-state index in [2.05, 4.69) is 0 Å². The Bertz CT molecular complexity index is 906. The van der Waals surface area contributed by atoms with Crippen molar-refractivity contribution in [3.05, 3.63) is 70.8 Å². The Kier molecular flexibility index (Phi) is 4.70. The largest absolute Gasteiger partial charge is 0.478 e. The number of hydrogen-bond donors (Lipinski definition) is 1. The number of aromatic carboxylic acids is 1. The smallest absolute Gasteiger partial charge is 0.348 e. The molecule has 0 aliphatic carbocycles. The van der Waals surface area contributed by atoms with E-state index in [0.717, 1.165) is 6.92 Å². The number of alkyl halides is 1. The SMILES string of the molecule is Cc1c(C(=O)O)cccc1[C@H]1OC(=O)[C@](C)(F)[C@@H]1OC(=O)c1ccccc1. The summed E-state index contributed by atoms with van der Waals surface area (Å²) in [5.41, 5.74) is -1.80. The summed E-state index contributed by atoms with van der Waals surface area (Å²) < 4.78 is 25.4. The Balaban J connectivity index is 1.99. The molecular formula is C20H17FO6. The van der Waals surface area contributed by atoms with Gasteiger partial charge in [0.05, 0.1) is 11.1 Å². The van der Waals surface area contributed by atoms with E-state index >= 15 is 4.39 Å². The normalized spacial score (nSPS) is 24.3. The lowest BCUT2D eigenvalue weighted by Crippen LogP contribution is -2.40. The molecule has 2 aromatic carbocycles. The molecule has 3 rings (SSSR count). The van der Waals surface area contributed by atoms with E-state index in [0.29, 0.717) is 5.56 Å². The van der Waals surface area contributed by atoms with E-state index in [1.807, 2.05) is 0 Å². The molecule has 1 N–H and O–H groups in total. The minimum atomic E-state index is -2.57. The van der Waals surface area contributed by atoms with Crippen LogP contribution in [0.25, 0.3) is 0 Å². The van der Waals surface area contributed by atoms with Gasteiger partial charge in [-0.15, -0.1) is 0 Å². The Labute approximate surface area is 154 Å². The lowest BCUT2D eigenvalue weighted by atomic mass is 9.91. The van der Waals surface area contributed by atoms with E-state index in [-0.39, 0.29) is 16.7 Å². The van der Waals surface area contributed by atoms with Gasteiger partial charge in [-0.3, -0.25) is 0 Å². The van der Waals surface area contributed by atoms with E-state index < -0.39 is 35.8 Å². The number of halogens is 1. The number of benzene rings is 2. The second kappa shape index (κ2) is 6.83. The third-order valence-electron chi connectivity index (χ3n) is 4.60. The van der Waals surface area contributed by atoms with E-state index in [9.17, 15) is 19.5 Å². The molecule has 1 heterocycles. The van der Waals surface area contributed by atoms with E-state index in [1.54, 1.807) is 18.2 Å². The van der Waals surface area contributed by atoms with Gasteiger partial charge in [0.25, 0.3) is 0 Å². The van der Waals surface area contributed by atoms with Crippen molar-refractivity contribution in [2.45, 2.75) is 31.7 Å². The highest BCUT2D eigenvalue weighted by Crippen LogP contribution is 2.42. The van der Waals surface area contributed by atoms with Gasteiger partial charge in [-0.1, -0.05) is 30.3 Å². The van der Waals surface area contributed by atoms with Gasteiger partial charge >= 0.3 is 17.9 Å². The minimum absolute atomic E-state index is 0.0100. The highest BCUT2D eigenvalue weighted by Gasteiger charge is 2.58. The van der Waals surface area contributed by atoms with Crippen LogP contribution in [0.5, 0.6) is 0 Å². The van der Waals surface area contributed by atoms with Gasteiger partial charge in [0.1, 0.15) is 0 Å². The van der Waals surface area contributed by atoms with Gasteiger partial charge in [-0.2, -0.15) is 0 Å². The Morgan fingerprint density at radius 2 is 1.81 bits per heavy atom. The number of carboxylic acids is 1. The number of carbonyl (C=O) groups is 3. The number of cyclic esters (lactones) is 1. The fourth-order valence-corrected chi connectivity index (χ4v) is 3.04. The molecule has 2 aromatic rings. The maximum atomic E-state index is 15.0. The molecule has 27 heavy (non-hydrogen) atoms. The molecule has 1 aliphatic rings. The number of carbonyl (C=O) groups excluding carboxylic acids is 2. The van der Waals surface area contributed by atoms with Crippen LogP contribution in [0.1, 0.15) is 44.9 Å². The number of hydrogen-bond acceptors (Lipinski definition) is 5. The number of rotatable bonds is 4. The van der Waals surface area contributed by atoms with Crippen molar-refractivity contribution >= 4 is 17.9 Å². The average Bonchev–Trinajstić information content (AvgIpc) is 2.85. The summed E-state index contributed by atoms with van der Waals surface area (Å²) in [6.45, 7) is 2.51. The van der Waals surface area contributed by atoms with Gasteiger partial charge in [-0.25, -0.2) is 18.8 Å². The van der Waals surface area contributed by atoms with Crippen LogP contribution in [0.3, 0.4) is 0 Å². The van der Waals surface area contributed by atoms with Crippen molar-refractivity contribution in [2.24, 2.45) is 0 Å². The third-order valence-corrected chi connectivity index (χ3v) is 4.60. The molecular weight excluding hydrogens is 355 g/mol. The zero-order valence-corrected chi connectivity index (χ0v) is 14.6. The molecule has 0 unspecified atom stereocenters. The lowest BCUT2D eigenvalue weighted by Gasteiger charge is -2.24. The van der Waals surface area contributed by atoms with Crippen molar-refractivity contribution in [1.29, 1.82) is 0 Å². The molecule has 7 heteroatoms. The van der Waals surface area contributed by atoms with Gasteiger partial charge < -0.3 is 14.6 Å². The van der Waals surface area contributed by atoms with Gasteiger partial charge in [-0.05, 0) is 37.6 Å². The quantitative estimate of drug-likeness (QED) is 0.829. The lowest BCUT2D eigenvalue weighted by molar-refractivity contribution is -0.149. The first-order chi connectivity index (χ1) is 12.7. The molecule has 0 bridgehead atoms. The monoisotopic (exact) mass is 372 g/mol. The predicted octanol–water partition coefficient (Wildman–Crippen LogP) is 3.24. The molecule has 140 valence electrons. The summed E-state index contributed by atoms with van der Waals surface area (Å²) in [5, 5.41) is 9.28. The van der Waals surface area contributed by atoms with Crippen molar-refractivity contribution in [1.82, 2.24) is 0 Å². The highest BCUT2D eigenvalue weighted by molar-refractivity contribution is 5.91. The molecule has 1 aliphatic heterocycles. The number of carboxylic acid groups (broad SMARTS) is 1. The first-order valence-corrected chi connectivity index (χ1v) is 8.22. The summed E-state index contributed by atoms with van der Waals surface area (Å²) in [4.78, 5) is 35.8. The zero-order chi connectivity index (χ0) is 19.8. The molecule has 0 aromatic heterocycles. The van der Waals surface area contributed by atoms with Gasteiger partial charge in [0.15, 0.2) is 12.2 Å². The molecule has 0 saturated carbocycles. The highest BCUT2D eigenvalue weighted by atomic mass is 19.1. The second-order valence-corrected chi connectivity index (χ2v) is 6.42. The van der Waals surface area contributed by atoms with Crippen LogP contribution in [-0.2, 0) is 14.3 Å². The van der Waals surface area contributed by atoms with Gasteiger partial charge in [0, 0.05) is 5.56 Å². The third kappa shape index (κ3) is 3.28. The van der Waals surface area contributed by atoms with Crippen LogP contribution in [0.2, 0.25) is 0 Å². The van der Waals surface area contributed by atoms with Crippen LogP contribution in [0, 0.1) is 6.92 Å². The van der Waals surface area contributed by atoms with Crippen LogP contribution in [-0.4, -0.2) is 34.8 Å². The molecule has 1 saturated heterocycles. The fraction of sp³-hybridized carbons (Fsp3) is 0.250. The first kappa shape index (κ1) is 18.6. The Morgan fingerprint density at radius 3 is 2.44 bits per heavy atom. The van der Waals surface area contributed by atoms with Crippen LogP contribution < -0.4 is 0 Å². The Morgan fingerprint density at radius 1 is 1.15 bits per heavy atom. The summed E-state index contributed by atoms with van der Waals surface area (Å²) in [7, 11) is 0. The molecule has 1 fully saturated rings. The summed E-state index contributed by atoms with van der Waals surface area (Å²) in [5.74, 6) is -3.14. The summed E-state index contributed by atoms with van der Waals surface area (Å²) in [6, 6.07) is 12.3. The maximum absolute atomic E-state index is 15.0. The topological polar surface area (TPSA) is 89.9 Å². The first-order valence-electron chi connectivity index (χ1n) is 8.22. The van der Waals surface area contributed by atoms with E-state index in [4.69, 9.17) is 9.47 Å². The van der Waals surface area contributed by atoms with Crippen LogP contribution in [0.4, 0.5) is 4.39 Å². The van der Waals surface area contributed by atoms with Crippen molar-refractivity contribution in [3.8, 4) is 0 Å². The second-order valence-electron chi connectivity index (χ2n) is 6.42. The average molecular weight is 372 g/mol. The predicted molar refractivity (Wildman–Crippen MR) is 92.1 cm³/mol. The molecule has 3 atom stereocenters. The summed E-state index contributed by atoms with van der Waals surface area (Å²) in [6.07, 6.45) is -2.81. The minimum Gasteiger partial charge on any atom is -0.478 e. The summed E-state index contributed by atoms with van der Waals surface area (Å²) >= 11 is 0. The van der Waals surface area contributed by atoms with Crippen molar-refractivity contribution in [3.63, 3.8) is 0 Å². The van der Waals surface area contributed by atoms with Crippen molar-refractivity contribution in [2.75, 3.05) is 0 Å². The Hall–Kier alpha value is -3.22. The molecule has 0 spiro atoms. The molecule has 0 radical (unpaired) electrons. The van der Waals surface area contributed by atoms with Crippen LogP contribution >= 0.6 is 0 Å². The van der Waals surface area contributed by atoms with Gasteiger partial charge in [0.2, 0.25) is 5.67 Å². The fourth-order valence-electron chi connectivity index (χ4n) is 3.04. The maximum Gasteiger partial charge on any atom is 0.348 e. The molecule has 6 nitrogen and oxygen atoms in total.